The minimum atomic E-state index is 0.105. The maximum absolute atomic E-state index is 11.9. The minimum absolute atomic E-state index is 0.105. The van der Waals surface area contributed by atoms with Gasteiger partial charge < -0.3 is 4.90 Å². The van der Waals surface area contributed by atoms with E-state index < -0.39 is 0 Å². The fraction of sp³-hybridized carbons (Fsp3) is 0.188. The Bertz CT molecular complexity index is 577. The van der Waals surface area contributed by atoms with Gasteiger partial charge in [-0.3, -0.25) is 4.79 Å². The Labute approximate surface area is 107 Å². The van der Waals surface area contributed by atoms with Crippen molar-refractivity contribution < 1.29 is 4.79 Å². The summed E-state index contributed by atoms with van der Waals surface area (Å²) in [6.07, 6.45) is 0.903. The van der Waals surface area contributed by atoms with E-state index in [1.807, 2.05) is 41.3 Å². The van der Waals surface area contributed by atoms with Crippen LogP contribution in [0.1, 0.15) is 24.1 Å². The zero-order valence-electron chi connectivity index (χ0n) is 10.3. The highest BCUT2D eigenvalue weighted by atomic mass is 16.2. The van der Waals surface area contributed by atoms with Crippen LogP contribution in [-0.2, 0) is 11.2 Å². The summed E-state index contributed by atoms with van der Waals surface area (Å²) in [4.78, 5) is 13.8. The van der Waals surface area contributed by atoms with E-state index >= 15 is 0 Å². The summed E-state index contributed by atoms with van der Waals surface area (Å²) in [6, 6.07) is 18.5. The van der Waals surface area contributed by atoms with Crippen LogP contribution in [0.5, 0.6) is 0 Å². The van der Waals surface area contributed by atoms with Gasteiger partial charge in [-0.1, -0.05) is 48.5 Å². The highest BCUT2D eigenvalue weighted by Gasteiger charge is 2.32. The molecule has 0 N–H and O–H groups in total. The number of carbonyl (C=O) groups excluding carboxylic acids is 1. The topological polar surface area (TPSA) is 20.3 Å². The maximum atomic E-state index is 11.9. The number of hydrogen-bond acceptors (Lipinski definition) is 1. The number of anilines is 1. The van der Waals surface area contributed by atoms with Crippen molar-refractivity contribution in [1.29, 1.82) is 0 Å². The second kappa shape index (κ2) is 4.30. The van der Waals surface area contributed by atoms with Crippen LogP contribution < -0.4 is 4.90 Å². The van der Waals surface area contributed by atoms with Crippen LogP contribution in [-0.4, -0.2) is 5.91 Å². The average molecular weight is 237 g/mol. The number of benzene rings is 2. The molecule has 0 aromatic heterocycles. The molecule has 18 heavy (non-hydrogen) atoms. The lowest BCUT2D eigenvalue weighted by Gasteiger charge is -2.24. The van der Waals surface area contributed by atoms with Crippen molar-refractivity contribution in [1.82, 2.24) is 0 Å². The number of hydrogen-bond donors (Lipinski definition) is 0. The van der Waals surface area contributed by atoms with E-state index in [-0.39, 0.29) is 11.9 Å². The SMILES string of the molecule is CC(=O)N1c2ccccc2C[C@H]1c1ccccc1. The fourth-order valence-corrected chi connectivity index (χ4v) is 2.72. The number of rotatable bonds is 1. The first-order valence-electron chi connectivity index (χ1n) is 6.20. The van der Waals surface area contributed by atoms with Crippen LogP contribution in [0.15, 0.2) is 54.6 Å². The number of nitrogens with zero attached hydrogens (tertiary/aromatic N) is 1. The molecule has 1 aliphatic rings. The molecule has 0 saturated carbocycles. The van der Waals surface area contributed by atoms with Gasteiger partial charge in [0.1, 0.15) is 0 Å². The van der Waals surface area contributed by atoms with Gasteiger partial charge in [0.15, 0.2) is 0 Å². The molecule has 2 heteroatoms. The highest BCUT2D eigenvalue weighted by molar-refractivity contribution is 5.94. The summed E-state index contributed by atoms with van der Waals surface area (Å²) < 4.78 is 0. The van der Waals surface area contributed by atoms with Gasteiger partial charge in [0.05, 0.1) is 6.04 Å². The lowest BCUT2D eigenvalue weighted by molar-refractivity contribution is -0.116. The highest BCUT2D eigenvalue weighted by Crippen LogP contribution is 2.40. The molecule has 2 aromatic rings. The zero-order chi connectivity index (χ0) is 12.5. The molecule has 1 aliphatic heterocycles. The van der Waals surface area contributed by atoms with Crippen molar-refractivity contribution in [2.75, 3.05) is 4.90 Å². The molecule has 3 rings (SSSR count). The van der Waals surface area contributed by atoms with E-state index in [0.717, 1.165) is 12.1 Å². The van der Waals surface area contributed by atoms with E-state index in [1.54, 1.807) is 6.92 Å². The standard InChI is InChI=1S/C16H15NO/c1-12(18)17-15-10-6-5-9-14(15)11-16(17)13-7-3-2-4-8-13/h2-10,16H,11H2,1H3/t16-/m0/s1. The van der Waals surface area contributed by atoms with Gasteiger partial charge in [0, 0.05) is 12.6 Å². The van der Waals surface area contributed by atoms with E-state index in [0.29, 0.717) is 0 Å². The molecular formula is C16H15NO. The molecule has 0 unspecified atom stereocenters. The monoisotopic (exact) mass is 237 g/mol. The minimum Gasteiger partial charge on any atom is -0.305 e. The van der Waals surface area contributed by atoms with Gasteiger partial charge in [0.25, 0.3) is 0 Å². The second-order valence-electron chi connectivity index (χ2n) is 4.65. The van der Waals surface area contributed by atoms with E-state index in [4.69, 9.17) is 0 Å². The van der Waals surface area contributed by atoms with Crippen molar-refractivity contribution in [2.24, 2.45) is 0 Å². The fourth-order valence-electron chi connectivity index (χ4n) is 2.72. The van der Waals surface area contributed by atoms with Crippen molar-refractivity contribution in [3.05, 3.63) is 65.7 Å². The molecule has 0 aliphatic carbocycles. The molecule has 1 heterocycles. The molecule has 0 spiro atoms. The Balaban J connectivity index is 2.06. The Morgan fingerprint density at radius 1 is 1.06 bits per heavy atom. The predicted molar refractivity (Wildman–Crippen MR) is 72.5 cm³/mol. The largest absolute Gasteiger partial charge is 0.305 e. The number of fused-ring (bicyclic) bond motifs is 1. The summed E-state index contributed by atoms with van der Waals surface area (Å²) in [6.45, 7) is 1.64. The molecule has 2 aromatic carbocycles. The second-order valence-corrected chi connectivity index (χ2v) is 4.65. The van der Waals surface area contributed by atoms with Crippen molar-refractivity contribution >= 4 is 11.6 Å². The molecule has 0 saturated heterocycles. The smallest absolute Gasteiger partial charge is 0.224 e. The van der Waals surface area contributed by atoms with Crippen LogP contribution in [0.3, 0.4) is 0 Å². The van der Waals surface area contributed by atoms with Gasteiger partial charge in [-0.15, -0.1) is 0 Å². The van der Waals surface area contributed by atoms with Gasteiger partial charge in [0.2, 0.25) is 5.91 Å². The van der Waals surface area contributed by atoms with E-state index in [2.05, 4.69) is 18.2 Å². The lowest BCUT2D eigenvalue weighted by atomic mass is 10.0. The molecule has 0 bridgehead atoms. The van der Waals surface area contributed by atoms with Gasteiger partial charge in [-0.2, -0.15) is 0 Å². The first-order chi connectivity index (χ1) is 8.77. The molecule has 0 fully saturated rings. The molecule has 1 amide bonds. The van der Waals surface area contributed by atoms with Crippen molar-refractivity contribution in [2.45, 2.75) is 19.4 Å². The molecular weight excluding hydrogens is 222 g/mol. The normalized spacial score (nSPS) is 17.6. The number of amides is 1. The number of carbonyl (C=O) groups is 1. The Kier molecular flexibility index (Phi) is 2.63. The first kappa shape index (κ1) is 11.0. The van der Waals surface area contributed by atoms with Gasteiger partial charge in [-0.25, -0.2) is 0 Å². The summed E-state index contributed by atoms with van der Waals surface area (Å²) in [5.74, 6) is 0.105. The van der Waals surface area contributed by atoms with Crippen LogP contribution >= 0.6 is 0 Å². The Morgan fingerprint density at radius 3 is 2.44 bits per heavy atom. The van der Waals surface area contributed by atoms with Crippen LogP contribution in [0.4, 0.5) is 5.69 Å². The van der Waals surface area contributed by atoms with Crippen LogP contribution in [0.25, 0.3) is 0 Å². The Morgan fingerprint density at radius 2 is 1.72 bits per heavy atom. The molecule has 90 valence electrons. The predicted octanol–water partition coefficient (Wildman–Crippen LogP) is 3.34. The maximum Gasteiger partial charge on any atom is 0.224 e. The van der Waals surface area contributed by atoms with E-state index in [9.17, 15) is 4.79 Å². The van der Waals surface area contributed by atoms with Crippen LogP contribution in [0.2, 0.25) is 0 Å². The molecule has 1 atom stereocenters. The first-order valence-corrected chi connectivity index (χ1v) is 6.20. The number of para-hydroxylation sites is 1. The molecule has 2 nitrogen and oxygen atoms in total. The third-order valence-electron chi connectivity index (χ3n) is 3.50. The zero-order valence-corrected chi connectivity index (χ0v) is 10.3. The summed E-state index contributed by atoms with van der Waals surface area (Å²) >= 11 is 0. The van der Waals surface area contributed by atoms with Gasteiger partial charge >= 0.3 is 0 Å². The quantitative estimate of drug-likeness (QED) is 0.745. The Hall–Kier alpha value is -2.09. The van der Waals surface area contributed by atoms with Crippen molar-refractivity contribution in [3.63, 3.8) is 0 Å². The third-order valence-corrected chi connectivity index (χ3v) is 3.50. The van der Waals surface area contributed by atoms with Crippen LogP contribution in [0, 0.1) is 0 Å². The summed E-state index contributed by atoms with van der Waals surface area (Å²) in [5.41, 5.74) is 3.50. The average Bonchev–Trinajstić information content (AvgIpc) is 2.79. The summed E-state index contributed by atoms with van der Waals surface area (Å²) in [5, 5.41) is 0. The molecule has 0 radical (unpaired) electrons. The van der Waals surface area contributed by atoms with Crippen molar-refractivity contribution in [3.8, 4) is 0 Å². The third kappa shape index (κ3) is 1.70. The van der Waals surface area contributed by atoms with Gasteiger partial charge in [-0.05, 0) is 23.6 Å². The summed E-state index contributed by atoms with van der Waals surface area (Å²) in [7, 11) is 0. The lowest BCUT2D eigenvalue weighted by Crippen LogP contribution is -2.29. The van der Waals surface area contributed by atoms with E-state index in [1.165, 1.54) is 11.1 Å².